The van der Waals surface area contributed by atoms with Gasteiger partial charge >= 0.3 is 0 Å². The molecule has 5 heterocycles. The summed E-state index contributed by atoms with van der Waals surface area (Å²) < 4.78 is 2.09. The number of hydrogen-bond donors (Lipinski definition) is 1. The van der Waals surface area contributed by atoms with E-state index in [9.17, 15) is 5.26 Å². The number of nitrogens with two attached hydrogens (primary N) is 1. The summed E-state index contributed by atoms with van der Waals surface area (Å²) in [7, 11) is 0. The summed E-state index contributed by atoms with van der Waals surface area (Å²) in [6.07, 6.45) is 13.6. The average molecular weight is 605 g/mol. The van der Waals surface area contributed by atoms with Gasteiger partial charge in [0.1, 0.15) is 11.3 Å². The van der Waals surface area contributed by atoms with Crippen LogP contribution in [0.15, 0.2) is 73.0 Å². The van der Waals surface area contributed by atoms with Crippen molar-refractivity contribution in [2.45, 2.75) is 67.3 Å². The van der Waals surface area contributed by atoms with E-state index in [1.165, 1.54) is 12.0 Å². The number of nitrogen functional groups attached to an aromatic ring is 1. The lowest BCUT2D eigenvalue weighted by Crippen LogP contribution is -2.39. The Morgan fingerprint density at radius 1 is 0.956 bits per heavy atom. The van der Waals surface area contributed by atoms with Crippen molar-refractivity contribution in [3.8, 4) is 23.3 Å². The number of hydrogen-bond acceptors (Lipinski definition) is 7. The maximum Gasteiger partial charge on any atom is 0.179 e. The molecule has 0 radical (unpaired) electrons. The van der Waals surface area contributed by atoms with Gasteiger partial charge in [-0.2, -0.15) is 5.26 Å². The number of pyridine rings is 2. The number of anilines is 1. The van der Waals surface area contributed by atoms with E-state index >= 15 is 0 Å². The van der Waals surface area contributed by atoms with Crippen molar-refractivity contribution >= 4 is 22.6 Å². The Kier molecular flexibility index (Phi) is 11.5. The van der Waals surface area contributed by atoms with E-state index in [1.807, 2.05) is 76.8 Å². The largest absolute Gasteiger partial charge is 0.383 e. The van der Waals surface area contributed by atoms with Crippen LogP contribution < -0.4 is 5.73 Å². The summed E-state index contributed by atoms with van der Waals surface area (Å²) in [4.78, 5) is 18.8. The van der Waals surface area contributed by atoms with Crippen LogP contribution in [-0.4, -0.2) is 55.5 Å². The zero-order valence-corrected chi connectivity index (χ0v) is 27.8. The minimum atomic E-state index is 0.365. The van der Waals surface area contributed by atoms with Gasteiger partial charge in [-0.1, -0.05) is 58.1 Å². The number of piperidine rings is 1. The number of benzene rings is 1. The first-order valence-corrected chi connectivity index (χ1v) is 16.4. The van der Waals surface area contributed by atoms with Gasteiger partial charge in [-0.15, -0.1) is 0 Å². The Labute approximate surface area is 268 Å². The van der Waals surface area contributed by atoms with E-state index in [0.29, 0.717) is 11.2 Å². The van der Waals surface area contributed by atoms with Crippen molar-refractivity contribution < 1.29 is 0 Å². The minimum Gasteiger partial charge on any atom is -0.383 e. The molecule has 0 saturated carbocycles. The van der Waals surface area contributed by atoms with Gasteiger partial charge in [0.05, 0.1) is 11.3 Å². The number of likely N-dealkylation sites (tertiary alicyclic amines) is 2. The molecule has 2 aliphatic heterocycles. The number of aromatic nitrogens is 4. The van der Waals surface area contributed by atoms with Gasteiger partial charge in [0, 0.05) is 38.1 Å². The van der Waals surface area contributed by atoms with Crippen molar-refractivity contribution in [3.05, 3.63) is 84.2 Å². The number of fused-ring (bicyclic) bond motifs is 1. The van der Waals surface area contributed by atoms with Gasteiger partial charge < -0.3 is 10.6 Å². The van der Waals surface area contributed by atoms with E-state index in [4.69, 9.17) is 15.7 Å². The molecular formula is C37H48N8. The molecule has 45 heavy (non-hydrogen) atoms. The first-order chi connectivity index (χ1) is 22.0. The summed E-state index contributed by atoms with van der Waals surface area (Å²) in [5.74, 6) is 1.16. The molecule has 0 atom stereocenters. The van der Waals surface area contributed by atoms with Gasteiger partial charge in [0.25, 0.3) is 0 Å². The van der Waals surface area contributed by atoms with E-state index in [0.717, 1.165) is 85.1 Å². The molecule has 2 saturated heterocycles. The summed E-state index contributed by atoms with van der Waals surface area (Å²) in [5.41, 5.74) is 13.3. The maximum atomic E-state index is 9.23. The smallest absolute Gasteiger partial charge is 0.179 e. The third-order valence-corrected chi connectivity index (χ3v) is 8.62. The number of rotatable bonds is 6. The molecule has 0 amide bonds. The Hall–Kier alpha value is -4.48. The van der Waals surface area contributed by atoms with Crippen molar-refractivity contribution in [2.75, 3.05) is 31.9 Å². The van der Waals surface area contributed by atoms with Crippen molar-refractivity contribution in [3.63, 3.8) is 0 Å². The van der Waals surface area contributed by atoms with Crippen LogP contribution in [0.4, 0.5) is 5.82 Å². The van der Waals surface area contributed by atoms with Crippen LogP contribution in [0.25, 0.3) is 33.8 Å². The Bertz CT molecular complexity index is 1650. The summed E-state index contributed by atoms with van der Waals surface area (Å²) in [5, 5.41) is 9.23. The normalized spacial score (nSPS) is 16.3. The van der Waals surface area contributed by atoms with Crippen LogP contribution in [-0.2, 0) is 6.54 Å². The molecule has 0 aliphatic carbocycles. The number of imidazole rings is 1. The van der Waals surface area contributed by atoms with Gasteiger partial charge in [-0.05, 0) is 92.6 Å². The fourth-order valence-electron chi connectivity index (χ4n) is 6.32. The van der Waals surface area contributed by atoms with Crippen LogP contribution in [0.3, 0.4) is 0 Å². The Morgan fingerprint density at radius 2 is 1.67 bits per heavy atom. The molecule has 236 valence electrons. The van der Waals surface area contributed by atoms with Crippen molar-refractivity contribution in [1.29, 1.82) is 5.26 Å². The highest BCUT2D eigenvalue weighted by Crippen LogP contribution is 2.40. The van der Waals surface area contributed by atoms with Crippen LogP contribution in [0.5, 0.6) is 0 Å². The first-order valence-electron chi connectivity index (χ1n) is 16.4. The first kappa shape index (κ1) is 33.4. The van der Waals surface area contributed by atoms with Crippen LogP contribution in [0, 0.1) is 16.9 Å². The van der Waals surface area contributed by atoms with Gasteiger partial charge in [0.2, 0.25) is 0 Å². The standard InChI is InChI=1S/C33H36N8.2C2H6/c1-3-6-25(4-2)28-12-13-29-32(37-28)41(31(38-29)27-7-5-17-36-30(27)35)26-10-8-24(9-11-26)21-40-20-16-33(22-40)14-18-39(23-34)19-15-33;2*1-2/h3-13,17H,14-16,18-22H2,1-2H3,(H2,35,36);2*1-2H3/b6-3-,25-4+;;. The lowest BCUT2D eigenvalue weighted by Gasteiger charge is -2.37. The fraction of sp³-hybridized carbons (Fsp3) is 0.405. The summed E-state index contributed by atoms with van der Waals surface area (Å²) >= 11 is 0. The predicted molar refractivity (Wildman–Crippen MR) is 186 cm³/mol. The maximum absolute atomic E-state index is 9.23. The Balaban J connectivity index is 0.00000111. The summed E-state index contributed by atoms with van der Waals surface area (Å²) in [6, 6.07) is 16.6. The van der Waals surface area contributed by atoms with Gasteiger partial charge in [0.15, 0.2) is 17.7 Å². The molecule has 3 aromatic heterocycles. The van der Waals surface area contributed by atoms with E-state index < -0.39 is 0 Å². The third kappa shape index (κ3) is 7.26. The molecule has 1 aromatic carbocycles. The number of nitriles is 1. The zero-order valence-electron chi connectivity index (χ0n) is 27.8. The highest BCUT2D eigenvalue weighted by molar-refractivity contribution is 5.85. The lowest BCUT2D eigenvalue weighted by atomic mass is 9.78. The molecule has 0 bridgehead atoms. The quantitative estimate of drug-likeness (QED) is 0.177. The SMILES string of the molecule is C/C=C\C(=C/C)c1ccc2nc(-c3cccnc3N)n(-c3ccc(CN4CCC5(CCN(C#N)CC5)C4)cc3)c2n1.CC.CC. The van der Waals surface area contributed by atoms with Gasteiger partial charge in [-0.25, -0.2) is 15.0 Å². The second kappa shape index (κ2) is 15.5. The second-order valence-corrected chi connectivity index (χ2v) is 11.2. The summed E-state index contributed by atoms with van der Waals surface area (Å²) in [6.45, 7) is 17.0. The fourth-order valence-corrected chi connectivity index (χ4v) is 6.32. The highest BCUT2D eigenvalue weighted by atomic mass is 15.2. The molecule has 8 heteroatoms. The van der Waals surface area contributed by atoms with Gasteiger partial charge in [-0.3, -0.25) is 9.47 Å². The zero-order chi connectivity index (χ0) is 32.4. The van der Waals surface area contributed by atoms with Crippen LogP contribution in [0.1, 0.15) is 72.1 Å². The van der Waals surface area contributed by atoms with E-state index in [1.54, 1.807) is 6.20 Å². The molecule has 4 aromatic rings. The number of allylic oxidation sites excluding steroid dienone is 4. The average Bonchev–Trinajstić information content (AvgIpc) is 3.67. The molecule has 8 nitrogen and oxygen atoms in total. The predicted octanol–water partition coefficient (Wildman–Crippen LogP) is 7.87. The second-order valence-electron chi connectivity index (χ2n) is 11.2. The third-order valence-electron chi connectivity index (χ3n) is 8.62. The topological polar surface area (TPSA) is 99.9 Å². The minimum absolute atomic E-state index is 0.365. The van der Waals surface area contributed by atoms with E-state index in [2.05, 4.69) is 57.1 Å². The monoisotopic (exact) mass is 604 g/mol. The molecule has 2 fully saturated rings. The number of nitrogens with zero attached hydrogens (tertiary/aromatic N) is 7. The lowest BCUT2D eigenvalue weighted by molar-refractivity contribution is 0.141. The van der Waals surface area contributed by atoms with Crippen molar-refractivity contribution in [2.24, 2.45) is 5.41 Å². The molecule has 1 spiro atoms. The molecule has 2 aliphatic rings. The molecule has 6 rings (SSSR count). The van der Waals surface area contributed by atoms with Crippen molar-refractivity contribution in [1.82, 2.24) is 29.3 Å². The van der Waals surface area contributed by atoms with E-state index in [-0.39, 0.29) is 0 Å². The molecular weight excluding hydrogens is 556 g/mol. The van der Waals surface area contributed by atoms with Crippen LogP contribution >= 0.6 is 0 Å². The molecule has 2 N–H and O–H groups in total. The molecule has 0 unspecified atom stereocenters. The Morgan fingerprint density at radius 3 is 2.31 bits per heavy atom. The van der Waals surface area contributed by atoms with Crippen LogP contribution in [0.2, 0.25) is 0 Å². The highest BCUT2D eigenvalue weighted by Gasteiger charge is 2.40.